The van der Waals surface area contributed by atoms with E-state index in [0.29, 0.717) is 16.5 Å². The number of para-hydroxylation sites is 1. The van der Waals surface area contributed by atoms with Gasteiger partial charge in [-0.25, -0.2) is 0 Å². The smallest absolute Gasteiger partial charge is 0.260 e. The fourth-order valence-electron chi connectivity index (χ4n) is 2.97. The van der Waals surface area contributed by atoms with Crippen LogP contribution in [0.25, 0.3) is 10.9 Å². The Bertz CT molecular complexity index is 1150. The molecular formula is C21H20ClN3O3S. The molecule has 0 radical (unpaired) electrons. The number of nitrogens with zero attached hydrogens (tertiary/aromatic N) is 2. The van der Waals surface area contributed by atoms with Crippen molar-refractivity contribution in [3.05, 3.63) is 77.1 Å². The molecule has 29 heavy (non-hydrogen) atoms. The average molecular weight is 430 g/mol. The molecule has 0 spiro atoms. The predicted octanol–water partition coefficient (Wildman–Crippen LogP) is 3.80. The van der Waals surface area contributed by atoms with E-state index >= 15 is 0 Å². The zero-order valence-corrected chi connectivity index (χ0v) is 17.3. The van der Waals surface area contributed by atoms with Crippen LogP contribution in [0.3, 0.4) is 0 Å². The molecule has 8 heteroatoms. The van der Waals surface area contributed by atoms with Crippen LogP contribution < -0.4 is 5.73 Å². The Balaban J connectivity index is 1.89. The molecule has 1 atom stereocenters. The van der Waals surface area contributed by atoms with Crippen LogP contribution in [0.2, 0.25) is 5.02 Å². The van der Waals surface area contributed by atoms with E-state index in [-0.39, 0.29) is 17.3 Å². The highest BCUT2D eigenvalue weighted by atomic mass is 35.5. The number of aromatic nitrogens is 1. The van der Waals surface area contributed by atoms with Crippen molar-refractivity contribution in [2.24, 2.45) is 10.7 Å². The van der Waals surface area contributed by atoms with Gasteiger partial charge in [0.1, 0.15) is 11.6 Å². The highest BCUT2D eigenvalue weighted by Gasteiger charge is 2.17. The lowest BCUT2D eigenvalue weighted by Crippen LogP contribution is -2.15. The Hall–Kier alpha value is -2.90. The summed E-state index contributed by atoms with van der Waals surface area (Å²) in [5.41, 5.74) is 7.48. The number of aliphatic hydroxyl groups is 1. The molecule has 0 bridgehead atoms. The third kappa shape index (κ3) is 5.34. The molecule has 3 rings (SSSR count). The molecule has 3 aromatic rings. The van der Waals surface area contributed by atoms with E-state index < -0.39 is 16.7 Å². The molecule has 0 aliphatic rings. The second kappa shape index (κ2) is 9.07. The minimum atomic E-state index is -1.60. The Morgan fingerprint density at radius 1 is 1.28 bits per heavy atom. The average Bonchev–Trinajstić information content (AvgIpc) is 2.99. The van der Waals surface area contributed by atoms with Crippen LogP contribution in [0.1, 0.15) is 12.5 Å². The lowest BCUT2D eigenvalue weighted by molar-refractivity contribution is -0.115. The molecule has 150 valence electrons. The Labute approximate surface area is 175 Å². The fourth-order valence-corrected chi connectivity index (χ4v) is 4.29. The minimum Gasteiger partial charge on any atom is -0.512 e. The summed E-state index contributed by atoms with van der Waals surface area (Å²) in [6, 6.07) is 15.1. The number of amides is 1. The summed E-state index contributed by atoms with van der Waals surface area (Å²) in [5.74, 6) is -1.12. The Morgan fingerprint density at radius 3 is 2.76 bits per heavy atom. The number of hydrogen-bond donors (Lipinski definition) is 2. The number of benzene rings is 2. The van der Waals surface area contributed by atoms with Crippen LogP contribution in [0.5, 0.6) is 0 Å². The van der Waals surface area contributed by atoms with Gasteiger partial charge in [0.05, 0.1) is 21.5 Å². The van der Waals surface area contributed by atoms with Crippen molar-refractivity contribution in [1.82, 2.24) is 4.57 Å². The minimum absolute atomic E-state index is 0.0655. The van der Waals surface area contributed by atoms with Crippen LogP contribution in [0.4, 0.5) is 0 Å². The molecule has 2 aromatic carbocycles. The Morgan fingerprint density at radius 2 is 2.03 bits per heavy atom. The number of nitrogens with two attached hydrogens (primary N) is 1. The van der Waals surface area contributed by atoms with Gasteiger partial charge in [-0.3, -0.25) is 9.00 Å². The number of amidine groups is 1. The number of carbonyl (C=O) groups excluding carboxylic acids is 1. The van der Waals surface area contributed by atoms with Gasteiger partial charge >= 0.3 is 0 Å². The van der Waals surface area contributed by atoms with Crippen molar-refractivity contribution in [3.8, 4) is 0 Å². The summed E-state index contributed by atoms with van der Waals surface area (Å²) >= 11 is 6.08. The summed E-state index contributed by atoms with van der Waals surface area (Å²) in [4.78, 5) is 16.3. The molecular weight excluding hydrogens is 410 g/mol. The van der Waals surface area contributed by atoms with Gasteiger partial charge in [-0.05, 0) is 30.7 Å². The summed E-state index contributed by atoms with van der Waals surface area (Å²) < 4.78 is 14.9. The lowest BCUT2D eigenvalue weighted by Gasteiger charge is -2.05. The molecule has 0 aliphatic carbocycles. The van der Waals surface area contributed by atoms with Gasteiger partial charge < -0.3 is 15.4 Å². The van der Waals surface area contributed by atoms with E-state index in [2.05, 4.69) is 4.99 Å². The standard InChI is InChI=1S/C21H20ClN3O3S/c1-14(26)9-20(23)24-21(27)13-29(28)19-12-25(18-8-3-2-7-17(18)19)11-15-5-4-6-16(22)10-15/h2-10,12,26H,11,13H2,1H3,(H2,23,24,27)/b14-9-. The van der Waals surface area contributed by atoms with Gasteiger partial charge in [-0.2, -0.15) is 4.99 Å². The first-order valence-electron chi connectivity index (χ1n) is 8.78. The van der Waals surface area contributed by atoms with Crippen LogP contribution >= 0.6 is 11.6 Å². The third-order valence-electron chi connectivity index (χ3n) is 4.10. The molecule has 3 N–H and O–H groups in total. The highest BCUT2D eigenvalue weighted by molar-refractivity contribution is 7.86. The first kappa shape index (κ1) is 20.8. The number of rotatable bonds is 6. The normalized spacial score (nSPS) is 13.6. The topological polar surface area (TPSA) is 97.7 Å². The SMILES string of the molecule is C/C(O)=C/C(N)=NC(=O)CS(=O)c1cn(Cc2cccc(Cl)c2)c2ccccc12. The van der Waals surface area contributed by atoms with Gasteiger partial charge in [0.25, 0.3) is 5.91 Å². The van der Waals surface area contributed by atoms with Gasteiger partial charge in [0.2, 0.25) is 0 Å². The first-order chi connectivity index (χ1) is 13.8. The maximum atomic E-state index is 12.9. The van der Waals surface area contributed by atoms with Crippen LogP contribution in [0, 0.1) is 0 Å². The van der Waals surface area contributed by atoms with E-state index in [4.69, 9.17) is 17.3 Å². The van der Waals surface area contributed by atoms with E-state index in [1.54, 1.807) is 6.20 Å². The second-order valence-electron chi connectivity index (χ2n) is 6.47. The van der Waals surface area contributed by atoms with E-state index in [9.17, 15) is 14.1 Å². The van der Waals surface area contributed by atoms with Crippen molar-refractivity contribution < 1.29 is 14.1 Å². The van der Waals surface area contributed by atoms with E-state index in [1.807, 2.05) is 53.1 Å². The largest absolute Gasteiger partial charge is 0.512 e. The number of aliphatic imine (C=N–C) groups is 1. The monoisotopic (exact) mass is 429 g/mol. The number of aliphatic hydroxyl groups excluding tert-OH is 1. The molecule has 1 amide bonds. The van der Waals surface area contributed by atoms with Crippen molar-refractivity contribution in [2.75, 3.05) is 5.75 Å². The number of hydrogen-bond acceptors (Lipinski definition) is 3. The van der Waals surface area contributed by atoms with Gasteiger partial charge in [0.15, 0.2) is 0 Å². The van der Waals surface area contributed by atoms with E-state index in [0.717, 1.165) is 22.5 Å². The van der Waals surface area contributed by atoms with Crippen molar-refractivity contribution in [1.29, 1.82) is 0 Å². The van der Waals surface area contributed by atoms with Crippen LogP contribution in [-0.2, 0) is 22.1 Å². The Kier molecular flexibility index (Phi) is 6.51. The van der Waals surface area contributed by atoms with Crippen LogP contribution in [-0.4, -0.2) is 31.4 Å². The summed E-state index contributed by atoms with van der Waals surface area (Å²) in [6.45, 7) is 1.97. The highest BCUT2D eigenvalue weighted by Crippen LogP contribution is 2.26. The molecule has 0 saturated heterocycles. The third-order valence-corrected chi connectivity index (χ3v) is 5.66. The number of allylic oxidation sites excluding steroid dienone is 1. The van der Waals surface area contributed by atoms with E-state index in [1.165, 1.54) is 6.92 Å². The molecule has 0 aliphatic heterocycles. The van der Waals surface area contributed by atoms with Crippen LogP contribution in [0.15, 0.2) is 76.5 Å². The second-order valence-corrected chi connectivity index (χ2v) is 8.33. The molecule has 1 aromatic heterocycles. The maximum absolute atomic E-state index is 12.9. The molecule has 0 saturated carbocycles. The van der Waals surface area contributed by atoms with Crippen molar-refractivity contribution in [3.63, 3.8) is 0 Å². The number of fused-ring (bicyclic) bond motifs is 1. The fraction of sp³-hybridized carbons (Fsp3) is 0.143. The number of carbonyl (C=O) groups is 1. The summed E-state index contributed by atoms with van der Waals surface area (Å²) in [7, 11) is -1.60. The van der Waals surface area contributed by atoms with Gasteiger partial charge in [0, 0.05) is 34.7 Å². The quantitative estimate of drug-likeness (QED) is 0.354. The maximum Gasteiger partial charge on any atom is 0.260 e. The molecule has 1 unspecified atom stereocenters. The molecule has 0 fully saturated rings. The lowest BCUT2D eigenvalue weighted by atomic mass is 10.2. The number of halogens is 1. The molecule has 6 nitrogen and oxygen atoms in total. The predicted molar refractivity (Wildman–Crippen MR) is 117 cm³/mol. The van der Waals surface area contributed by atoms with Crippen molar-refractivity contribution in [2.45, 2.75) is 18.4 Å². The first-order valence-corrected chi connectivity index (χ1v) is 10.5. The van der Waals surface area contributed by atoms with Gasteiger partial charge in [-0.1, -0.05) is 41.9 Å². The summed E-state index contributed by atoms with van der Waals surface area (Å²) in [5, 5.41) is 10.6. The molecule has 1 heterocycles. The zero-order chi connectivity index (χ0) is 21.0. The van der Waals surface area contributed by atoms with Gasteiger partial charge in [-0.15, -0.1) is 0 Å². The van der Waals surface area contributed by atoms with Crippen molar-refractivity contribution >= 4 is 45.0 Å². The summed E-state index contributed by atoms with van der Waals surface area (Å²) in [6.07, 6.45) is 2.96. The zero-order valence-electron chi connectivity index (χ0n) is 15.7.